The molecule has 0 aliphatic carbocycles. The second-order valence-electron chi connectivity index (χ2n) is 4.50. The summed E-state index contributed by atoms with van der Waals surface area (Å²) in [6.07, 6.45) is 0.163. The lowest BCUT2D eigenvalue weighted by Gasteiger charge is -2.37. The summed E-state index contributed by atoms with van der Waals surface area (Å²) in [4.78, 5) is 14.3. The molecular weight excluding hydrogens is 216 g/mol. The largest absolute Gasteiger partial charge is 0.373 e. The Morgan fingerprint density at radius 1 is 1.29 bits per heavy atom. The Morgan fingerprint density at radius 2 is 2.12 bits per heavy atom. The van der Waals surface area contributed by atoms with E-state index < -0.39 is 0 Å². The Morgan fingerprint density at radius 3 is 2.94 bits per heavy atom. The van der Waals surface area contributed by atoms with Gasteiger partial charge in [-0.2, -0.15) is 0 Å². The van der Waals surface area contributed by atoms with E-state index in [0.717, 1.165) is 18.7 Å². The van der Waals surface area contributed by atoms with Crippen LogP contribution in [0.1, 0.15) is 10.4 Å². The van der Waals surface area contributed by atoms with E-state index in [0.29, 0.717) is 13.2 Å². The molecule has 1 aromatic carbocycles. The summed E-state index contributed by atoms with van der Waals surface area (Å²) in [6.45, 7) is 3.02. The molecule has 2 fully saturated rings. The normalized spacial score (nSPS) is 27.9. The molecule has 0 aromatic heterocycles. The van der Waals surface area contributed by atoms with Gasteiger partial charge in [0.05, 0.1) is 18.8 Å². The van der Waals surface area contributed by atoms with Crippen molar-refractivity contribution in [3.05, 3.63) is 35.9 Å². The Labute approximate surface area is 101 Å². The topological polar surface area (TPSA) is 41.6 Å². The number of carbonyl (C=O) groups excluding carboxylic acids is 1. The first-order valence-electron chi connectivity index (χ1n) is 6.04. The van der Waals surface area contributed by atoms with Crippen LogP contribution in [-0.4, -0.2) is 49.2 Å². The molecule has 0 saturated carbocycles. The van der Waals surface area contributed by atoms with Crippen LogP contribution in [0.4, 0.5) is 0 Å². The smallest absolute Gasteiger partial charge is 0.254 e. The maximum absolute atomic E-state index is 12.4. The predicted molar refractivity (Wildman–Crippen MR) is 63.9 cm³/mol. The average molecular weight is 232 g/mol. The summed E-state index contributed by atoms with van der Waals surface area (Å²) in [5.41, 5.74) is 0.764. The van der Waals surface area contributed by atoms with E-state index in [-0.39, 0.29) is 18.1 Å². The van der Waals surface area contributed by atoms with E-state index >= 15 is 0 Å². The van der Waals surface area contributed by atoms with Crippen molar-refractivity contribution in [3.63, 3.8) is 0 Å². The van der Waals surface area contributed by atoms with Crippen LogP contribution in [0.15, 0.2) is 30.3 Å². The van der Waals surface area contributed by atoms with Crippen molar-refractivity contribution >= 4 is 5.91 Å². The minimum atomic E-state index is 0.118. The highest BCUT2D eigenvalue weighted by molar-refractivity contribution is 5.94. The van der Waals surface area contributed by atoms with Crippen molar-refractivity contribution in [2.75, 3.05) is 26.2 Å². The van der Waals surface area contributed by atoms with Gasteiger partial charge in [-0.3, -0.25) is 4.79 Å². The summed E-state index contributed by atoms with van der Waals surface area (Å²) in [6, 6.07) is 9.66. The number of nitrogens with zero attached hydrogens (tertiary/aromatic N) is 1. The van der Waals surface area contributed by atoms with Gasteiger partial charge in [0, 0.05) is 25.2 Å². The zero-order chi connectivity index (χ0) is 11.7. The van der Waals surface area contributed by atoms with Crippen LogP contribution < -0.4 is 5.32 Å². The van der Waals surface area contributed by atoms with Gasteiger partial charge in [0.15, 0.2) is 0 Å². The predicted octanol–water partition coefficient (Wildman–Crippen LogP) is 0.499. The fourth-order valence-corrected chi connectivity index (χ4v) is 2.59. The van der Waals surface area contributed by atoms with Gasteiger partial charge in [-0.15, -0.1) is 0 Å². The molecule has 3 rings (SSSR count). The molecule has 4 heteroatoms. The molecule has 90 valence electrons. The number of fused-ring (bicyclic) bond motifs is 1. The van der Waals surface area contributed by atoms with Crippen molar-refractivity contribution in [1.29, 1.82) is 0 Å². The van der Waals surface area contributed by atoms with Crippen molar-refractivity contribution in [3.8, 4) is 0 Å². The van der Waals surface area contributed by atoms with Crippen molar-refractivity contribution in [2.45, 2.75) is 12.1 Å². The van der Waals surface area contributed by atoms with Gasteiger partial charge < -0.3 is 15.0 Å². The van der Waals surface area contributed by atoms with Gasteiger partial charge in [-0.25, -0.2) is 0 Å². The van der Waals surface area contributed by atoms with E-state index in [4.69, 9.17) is 4.74 Å². The molecule has 2 atom stereocenters. The number of nitrogens with one attached hydrogen (secondary N) is 1. The quantitative estimate of drug-likeness (QED) is 0.766. The van der Waals surface area contributed by atoms with E-state index in [1.165, 1.54) is 0 Å². The number of amides is 1. The van der Waals surface area contributed by atoms with Gasteiger partial charge in [0.2, 0.25) is 0 Å². The molecular formula is C13H16N2O2. The lowest BCUT2D eigenvalue weighted by atomic mass is 10.1. The summed E-state index contributed by atoms with van der Waals surface area (Å²) >= 11 is 0. The fourth-order valence-electron chi connectivity index (χ4n) is 2.59. The summed E-state index contributed by atoms with van der Waals surface area (Å²) in [7, 11) is 0. The van der Waals surface area contributed by atoms with Crippen LogP contribution in [0.5, 0.6) is 0 Å². The number of hydrogen-bond acceptors (Lipinski definition) is 3. The molecule has 0 bridgehead atoms. The van der Waals surface area contributed by atoms with Crippen LogP contribution in [0.3, 0.4) is 0 Å². The molecule has 0 unspecified atom stereocenters. The Bertz CT molecular complexity index is 407. The molecule has 17 heavy (non-hydrogen) atoms. The Hall–Kier alpha value is -1.39. The molecule has 1 N–H and O–H groups in total. The highest BCUT2D eigenvalue weighted by Crippen LogP contribution is 2.19. The highest BCUT2D eigenvalue weighted by atomic mass is 16.5. The second kappa shape index (κ2) is 4.47. The zero-order valence-electron chi connectivity index (χ0n) is 9.63. The molecule has 0 radical (unpaired) electrons. The monoisotopic (exact) mass is 232 g/mol. The number of morpholine rings is 1. The third-order valence-electron chi connectivity index (χ3n) is 3.47. The molecule has 1 amide bonds. The van der Waals surface area contributed by atoms with Gasteiger partial charge >= 0.3 is 0 Å². The molecule has 2 heterocycles. The Kier molecular flexibility index (Phi) is 2.82. The first kappa shape index (κ1) is 10.7. The maximum Gasteiger partial charge on any atom is 0.254 e. The SMILES string of the molecule is O=C(c1ccccc1)N1CCO[C@@H]2CNC[C@@H]21. The number of hydrogen-bond donors (Lipinski definition) is 1. The van der Waals surface area contributed by atoms with Crippen LogP contribution in [0.2, 0.25) is 0 Å². The molecule has 4 nitrogen and oxygen atoms in total. The fraction of sp³-hybridized carbons (Fsp3) is 0.462. The van der Waals surface area contributed by atoms with Crippen LogP contribution in [0.25, 0.3) is 0 Å². The zero-order valence-corrected chi connectivity index (χ0v) is 9.63. The van der Waals surface area contributed by atoms with E-state index in [9.17, 15) is 4.79 Å². The average Bonchev–Trinajstić information content (AvgIpc) is 2.87. The molecule has 2 aliphatic rings. The lowest BCUT2D eigenvalue weighted by Crippen LogP contribution is -2.53. The van der Waals surface area contributed by atoms with E-state index in [1.807, 2.05) is 35.2 Å². The van der Waals surface area contributed by atoms with Crippen LogP contribution in [-0.2, 0) is 4.74 Å². The standard InChI is InChI=1S/C13H16N2O2/c16-13(10-4-2-1-3-5-10)15-6-7-17-12-9-14-8-11(12)15/h1-5,11-12,14H,6-9H2/t11-,12+/m0/s1. The number of rotatable bonds is 1. The van der Waals surface area contributed by atoms with Crippen molar-refractivity contribution < 1.29 is 9.53 Å². The third-order valence-corrected chi connectivity index (χ3v) is 3.47. The molecule has 1 aromatic rings. The van der Waals surface area contributed by atoms with E-state index in [2.05, 4.69) is 5.32 Å². The minimum Gasteiger partial charge on any atom is -0.373 e. The number of carbonyl (C=O) groups is 1. The second-order valence-corrected chi connectivity index (χ2v) is 4.50. The molecule has 0 spiro atoms. The number of benzene rings is 1. The van der Waals surface area contributed by atoms with Gasteiger partial charge in [-0.1, -0.05) is 18.2 Å². The summed E-state index contributed by atoms with van der Waals surface area (Å²) < 4.78 is 5.66. The summed E-state index contributed by atoms with van der Waals surface area (Å²) in [5, 5.41) is 3.28. The van der Waals surface area contributed by atoms with Gasteiger partial charge in [-0.05, 0) is 12.1 Å². The molecule has 2 aliphatic heterocycles. The molecule has 2 saturated heterocycles. The maximum atomic E-state index is 12.4. The lowest BCUT2D eigenvalue weighted by molar-refractivity contribution is -0.0364. The van der Waals surface area contributed by atoms with Gasteiger partial charge in [0.25, 0.3) is 5.91 Å². The third kappa shape index (κ3) is 1.94. The van der Waals surface area contributed by atoms with Gasteiger partial charge in [0.1, 0.15) is 0 Å². The van der Waals surface area contributed by atoms with Crippen LogP contribution >= 0.6 is 0 Å². The minimum absolute atomic E-state index is 0.118. The van der Waals surface area contributed by atoms with Crippen molar-refractivity contribution in [1.82, 2.24) is 10.2 Å². The highest BCUT2D eigenvalue weighted by Gasteiger charge is 2.38. The first-order valence-corrected chi connectivity index (χ1v) is 6.04. The Balaban J connectivity index is 1.81. The van der Waals surface area contributed by atoms with Crippen LogP contribution in [0, 0.1) is 0 Å². The summed E-state index contributed by atoms with van der Waals surface area (Å²) in [5.74, 6) is 0.118. The first-order chi connectivity index (χ1) is 8.36. The van der Waals surface area contributed by atoms with E-state index in [1.54, 1.807) is 0 Å². The number of ether oxygens (including phenoxy) is 1. The van der Waals surface area contributed by atoms with Crippen molar-refractivity contribution in [2.24, 2.45) is 0 Å².